The van der Waals surface area contributed by atoms with E-state index < -0.39 is 35.0 Å². The monoisotopic (exact) mass is 350 g/mol. The second kappa shape index (κ2) is 4.93. The summed E-state index contributed by atoms with van der Waals surface area (Å²) in [5, 5.41) is 11.3. The van der Waals surface area contributed by atoms with Crippen molar-refractivity contribution in [2.24, 2.45) is 17.3 Å². The summed E-state index contributed by atoms with van der Waals surface area (Å²) in [5.74, 6) is -2.68. The van der Waals surface area contributed by atoms with Crippen molar-refractivity contribution in [1.29, 1.82) is 0 Å². The molecule has 4 aliphatic heterocycles. The second-order valence-corrected chi connectivity index (χ2v) is 8.68. The molecule has 3 saturated heterocycles. The summed E-state index contributed by atoms with van der Waals surface area (Å²) in [4.78, 5) is 25.4. The first-order valence-corrected chi connectivity index (χ1v) is 9.03. The number of ether oxygens (including phenoxy) is 3. The van der Waals surface area contributed by atoms with Crippen LogP contribution in [0.1, 0.15) is 47.5 Å². The van der Waals surface area contributed by atoms with Gasteiger partial charge in [0.2, 0.25) is 0 Å². The molecule has 6 heteroatoms. The van der Waals surface area contributed by atoms with Gasteiger partial charge in [0.25, 0.3) is 0 Å². The molecule has 4 rings (SSSR count). The summed E-state index contributed by atoms with van der Waals surface area (Å²) >= 11 is 0. The Morgan fingerprint density at radius 2 is 1.92 bits per heavy atom. The van der Waals surface area contributed by atoms with E-state index in [9.17, 15) is 14.7 Å². The smallest absolute Gasteiger partial charge is 0.318 e. The highest BCUT2D eigenvalue weighted by atomic mass is 16.7. The number of carbonyl (C=O) groups excluding carboxylic acids is 2. The van der Waals surface area contributed by atoms with Gasteiger partial charge in [-0.1, -0.05) is 13.8 Å². The van der Waals surface area contributed by atoms with Crippen LogP contribution in [0.2, 0.25) is 0 Å². The van der Waals surface area contributed by atoms with Crippen molar-refractivity contribution in [1.82, 2.24) is 0 Å². The SMILES string of the molecule is C/C1=C/[C@H]2OC(=O)[C@@]3(C)[C@@H]2[C@H](C[C@@]2(C)O[C@@H]1CC2=O)O[C@]3(O)C(C)C. The summed E-state index contributed by atoms with van der Waals surface area (Å²) in [5.41, 5.74) is -1.25. The molecule has 0 unspecified atom stereocenters. The highest BCUT2D eigenvalue weighted by Crippen LogP contribution is 2.60. The molecule has 25 heavy (non-hydrogen) atoms. The van der Waals surface area contributed by atoms with Crippen LogP contribution in [0.5, 0.6) is 0 Å². The molecule has 0 aromatic carbocycles. The molecule has 3 fully saturated rings. The lowest BCUT2D eigenvalue weighted by molar-refractivity contribution is -0.264. The first-order valence-electron chi connectivity index (χ1n) is 9.03. The zero-order valence-electron chi connectivity index (χ0n) is 15.4. The molecule has 0 aromatic heterocycles. The molecule has 0 aliphatic carbocycles. The lowest BCUT2D eigenvalue weighted by Gasteiger charge is -2.37. The molecule has 4 heterocycles. The van der Waals surface area contributed by atoms with Gasteiger partial charge in [0.1, 0.15) is 17.1 Å². The summed E-state index contributed by atoms with van der Waals surface area (Å²) in [6, 6.07) is 0. The maximum atomic E-state index is 12.8. The van der Waals surface area contributed by atoms with E-state index in [1.165, 1.54) is 0 Å². The van der Waals surface area contributed by atoms with Crippen molar-refractivity contribution >= 4 is 11.8 Å². The minimum absolute atomic E-state index is 0.0410. The van der Waals surface area contributed by atoms with E-state index in [0.717, 1.165) is 5.57 Å². The number of Topliss-reactive ketones (excluding diaryl/α,β-unsaturated/α-hetero) is 1. The Labute approximate surface area is 147 Å². The molecular formula is C19H26O6. The Bertz CT molecular complexity index is 683. The number of hydrogen-bond donors (Lipinski definition) is 1. The lowest BCUT2D eigenvalue weighted by atomic mass is 9.66. The number of hydrogen-bond acceptors (Lipinski definition) is 6. The van der Waals surface area contributed by atoms with E-state index in [1.54, 1.807) is 13.8 Å². The molecule has 7 atom stereocenters. The van der Waals surface area contributed by atoms with Gasteiger partial charge in [-0.15, -0.1) is 0 Å². The standard InChI is InChI=1S/C19H26O6/c1-9(2)19(22)18(5)15-12(23-16(18)21)6-10(3)11-7-14(20)17(4,24-11)8-13(15)25-19/h6,9,11-13,15,22H,7-8H2,1-5H3/b10-6-/t11-,12-,13+,15+,17-,18-,19-/m1/s1. The molecule has 0 spiro atoms. The van der Waals surface area contributed by atoms with Crippen LogP contribution in [0, 0.1) is 17.3 Å². The normalized spacial score (nSPS) is 53.8. The Morgan fingerprint density at radius 1 is 1.24 bits per heavy atom. The Balaban J connectivity index is 1.87. The van der Waals surface area contributed by atoms with Crippen molar-refractivity contribution in [3.05, 3.63) is 11.6 Å². The number of esters is 1. The fourth-order valence-corrected chi connectivity index (χ4v) is 5.19. The number of aliphatic hydroxyl groups is 1. The van der Waals surface area contributed by atoms with Gasteiger partial charge in [0, 0.05) is 24.7 Å². The van der Waals surface area contributed by atoms with Crippen LogP contribution >= 0.6 is 0 Å². The highest BCUT2D eigenvalue weighted by Gasteiger charge is 2.74. The fraction of sp³-hybridized carbons (Fsp3) is 0.789. The molecule has 4 aliphatic rings. The zero-order valence-corrected chi connectivity index (χ0v) is 15.4. The van der Waals surface area contributed by atoms with Crippen LogP contribution in [0.15, 0.2) is 11.6 Å². The third-order valence-electron chi connectivity index (χ3n) is 6.83. The first-order chi connectivity index (χ1) is 11.5. The van der Waals surface area contributed by atoms with Gasteiger partial charge in [-0.25, -0.2) is 0 Å². The molecule has 6 nitrogen and oxygen atoms in total. The average Bonchev–Trinajstić information content (AvgIpc) is 3.03. The number of ketones is 1. The number of carbonyl (C=O) groups is 2. The zero-order chi connectivity index (χ0) is 18.4. The van der Waals surface area contributed by atoms with Crippen LogP contribution < -0.4 is 0 Å². The molecule has 1 N–H and O–H groups in total. The molecule has 0 aromatic rings. The van der Waals surface area contributed by atoms with Crippen molar-refractivity contribution in [3.63, 3.8) is 0 Å². The van der Waals surface area contributed by atoms with Crippen LogP contribution in [-0.2, 0) is 23.8 Å². The summed E-state index contributed by atoms with van der Waals surface area (Å²) in [7, 11) is 0. The maximum Gasteiger partial charge on any atom is 0.318 e. The molecule has 0 amide bonds. The fourth-order valence-electron chi connectivity index (χ4n) is 5.19. The topological polar surface area (TPSA) is 82.1 Å². The lowest BCUT2D eigenvalue weighted by Crippen LogP contribution is -2.52. The predicted octanol–water partition coefficient (Wildman–Crippen LogP) is 1.74. The van der Waals surface area contributed by atoms with E-state index in [2.05, 4.69) is 0 Å². The third kappa shape index (κ3) is 1.96. The van der Waals surface area contributed by atoms with E-state index in [4.69, 9.17) is 14.2 Å². The van der Waals surface area contributed by atoms with Crippen LogP contribution in [0.4, 0.5) is 0 Å². The molecule has 0 radical (unpaired) electrons. The van der Waals surface area contributed by atoms with Crippen LogP contribution in [0.3, 0.4) is 0 Å². The van der Waals surface area contributed by atoms with E-state index in [0.29, 0.717) is 12.8 Å². The predicted molar refractivity (Wildman–Crippen MR) is 87.4 cm³/mol. The number of rotatable bonds is 1. The van der Waals surface area contributed by atoms with Gasteiger partial charge in [-0.2, -0.15) is 0 Å². The molecule has 138 valence electrons. The van der Waals surface area contributed by atoms with Crippen LogP contribution in [-0.4, -0.2) is 46.6 Å². The quantitative estimate of drug-likeness (QED) is 0.573. The molecule has 0 saturated carbocycles. The van der Waals surface area contributed by atoms with Gasteiger partial charge in [-0.05, 0) is 32.4 Å². The molecular weight excluding hydrogens is 324 g/mol. The van der Waals surface area contributed by atoms with Crippen molar-refractivity contribution in [2.45, 2.75) is 77.2 Å². The minimum Gasteiger partial charge on any atom is -0.457 e. The Hall–Kier alpha value is -1.24. The van der Waals surface area contributed by atoms with Crippen molar-refractivity contribution < 1.29 is 28.9 Å². The second-order valence-electron chi connectivity index (χ2n) is 8.68. The highest BCUT2D eigenvalue weighted by molar-refractivity contribution is 5.90. The first kappa shape index (κ1) is 17.2. The van der Waals surface area contributed by atoms with Gasteiger partial charge >= 0.3 is 5.97 Å². The van der Waals surface area contributed by atoms with Crippen molar-refractivity contribution in [2.75, 3.05) is 0 Å². The van der Waals surface area contributed by atoms with Gasteiger partial charge in [0.15, 0.2) is 11.6 Å². The minimum atomic E-state index is -1.63. The van der Waals surface area contributed by atoms with E-state index >= 15 is 0 Å². The largest absolute Gasteiger partial charge is 0.457 e. The summed E-state index contributed by atoms with van der Waals surface area (Å²) in [6.45, 7) is 9.07. The van der Waals surface area contributed by atoms with Crippen molar-refractivity contribution in [3.8, 4) is 0 Å². The number of fused-ring (bicyclic) bond motifs is 2. The van der Waals surface area contributed by atoms with Gasteiger partial charge in [0.05, 0.1) is 12.2 Å². The summed E-state index contributed by atoms with van der Waals surface area (Å²) in [6.07, 6.45) is 1.26. The van der Waals surface area contributed by atoms with Gasteiger partial charge < -0.3 is 19.3 Å². The van der Waals surface area contributed by atoms with Crippen LogP contribution in [0.25, 0.3) is 0 Å². The van der Waals surface area contributed by atoms with E-state index in [-0.39, 0.29) is 23.7 Å². The molecule has 2 bridgehead atoms. The average molecular weight is 350 g/mol. The third-order valence-corrected chi connectivity index (χ3v) is 6.83. The Morgan fingerprint density at radius 3 is 2.56 bits per heavy atom. The maximum absolute atomic E-state index is 12.8. The summed E-state index contributed by atoms with van der Waals surface area (Å²) < 4.78 is 17.9. The Kier molecular flexibility index (Phi) is 3.39. The van der Waals surface area contributed by atoms with Gasteiger partial charge in [-0.3, -0.25) is 9.59 Å². The van der Waals surface area contributed by atoms with E-state index in [1.807, 2.05) is 26.8 Å².